The number of hydrogen-bond acceptors (Lipinski definition) is 2. The SMILES string of the molecule is NC(Cc1ccsc1)c1ccc(Br)c(Cl)c1F. The Hall–Kier alpha value is -0.420. The molecule has 1 nitrogen and oxygen atoms in total. The molecule has 1 unspecified atom stereocenters. The second-order valence-corrected chi connectivity index (χ2v) is 5.72. The molecule has 0 aliphatic rings. The summed E-state index contributed by atoms with van der Waals surface area (Å²) in [4.78, 5) is 0. The highest BCUT2D eigenvalue weighted by Gasteiger charge is 2.16. The van der Waals surface area contributed by atoms with E-state index in [1.54, 1.807) is 23.5 Å². The molecule has 0 bridgehead atoms. The van der Waals surface area contributed by atoms with Gasteiger partial charge in [-0.15, -0.1) is 0 Å². The average Bonchev–Trinajstić information content (AvgIpc) is 2.78. The van der Waals surface area contributed by atoms with E-state index in [2.05, 4.69) is 15.9 Å². The van der Waals surface area contributed by atoms with Crippen LogP contribution in [0, 0.1) is 5.82 Å². The smallest absolute Gasteiger partial charge is 0.147 e. The fourth-order valence-corrected chi connectivity index (χ4v) is 2.76. The van der Waals surface area contributed by atoms with E-state index >= 15 is 0 Å². The van der Waals surface area contributed by atoms with Gasteiger partial charge in [-0.2, -0.15) is 11.3 Å². The number of thiophene rings is 1. The Morgan fingerprint density at radius 1 is 1.41 bits per heavy atom. The van der Waals surface area contributed by atoms with Gasteiger partial charge in [0.25, 0.3) is 0 Å². The normalized spacial score (nSPS) is 12.7. The zero-order valence-electron chi connectivity index (χ0n) is 8.79. The molecule has 0 spiro atoms. The summed E-state index contributed by atoms with van der Waals surface area (Å²) >= 11 is 10.6. The minimum Gasteiger partial charge on any atom is -0.324 e. The van der Waals surface area contributed by atoms with Gasteiger partial charge in [0.05, 0.1) is 5.02 Å². The molecule has 0 aliphatic heterocycles. The molecule has 90 valence electrons. The molecule has 0 fully saturated rings. The summed E-state index contributed by atoms with van der Waals surface area (Å²) in [6.07, 6.45) is 0.610. The van der Waals surface area contributed by atoms with Crippen molar-refractivity contribution in [2.24, 2.45) is 5.73 Å². The summed E-state index contributed by atoms with van der Waals surface area (Å²) in [5, 5.41) is 4.08. The summed E-state index contributed by atoms with van der Waals surface area (Å²) in [5.41, 5.74) is 7.56. The predicted molar refractivity (Wildman–Crippen MR) is 74.1 cm³/mol. The number of nitrogens with two attached hydrogens (primary N) is 1. The molecule has 1 atom stereocenters. The third-order valence-corrected chi connectivity index (χ3v) is 4.49. The van der Waals surface area contributed by atoms with Crippen molar-refractivity contribution in [2.45, 2.75) is 12.5 Å². The lowest BCUT2D eigenvalue weighted by Gasteiger charge is -2.13. The van der Waals surface area contributed by atoms with Crippen LogP contribution in [-0.4, -0.2) is 0 Å². The van der Waals surface area contributed by atoms with Gasteiger partial charge in [0.1, 0.15) is 5.82 Å². The molecule has 1 aromatic heterocycles. The predicted octanol–water partition coefficient (Wildman–Crippen LogP) is 4.55. The number of benzene rings is 1. The Bertz CT molecular complexity index is 515. The first-order chi connectivity index (χ1) is 8.09. The third kappa shape index (κ3) is 2.88. The van der Waals surface area contributed by atoms with Gasteiger partial charge < -0.3 is 5.73 Å². The van der Waals surface area contributed by atoms with Crippen LogP contribution in [0.1, 0.15) is 17.2 Å². The number of halogens is 3. The highest BCUT2D eigenvalue weighted by molar-refractivity contribution is 9.10. The Morgan fingerprint density at radius 3 is 2.82 bits per heavy atom. The fraction of sp³-hybridized carbons (Fsp3) is 0.167. The van der Waals surface area contributed by atoms with Crippen LogP contribution in [0.2, 0.25) is 5.02 Å². The highest BCUT2D eigenvalue weighted by atomic mass is 79.9. The lowest BCUT2D eigenvalue weighted by Crippen LogP contribution is -2.15. The molecule has 0 radical (unpaired) electrons. The zero-order valence-corrected chi connectivity index (χ0v) is 11.9. The van der Waals surface area contributed by atoms with E-state index < -0.39 is 5.82 Å². The maximum atomic E-state index is 13.9. The summed E-state index contributed by atoms with van der Waals surface area (Å²) < 4.78 is 14.4. The van der Waals surface area contributed by atoms with E-state index in [9.17, 15) is 4.39 Å². The molecule has 5 heteroatoms. The average molecular weight is 335 g/mol. The molecule has 1 aromatic carbocycles. The summed E-state index contributed by atoms with van der Waals surface area (Å²) in [6.45, 7) is 0. The molecule has 0 aliphatic carbocycles. The van der Waals surface area contributed by atoms with Gasteiger partial charge in [0, 0.05) is 16.1 Å². The second kappa shape index (κ2) is 5.48. The highest BCUT2D eigenvalue weighted by Crippen LogP contribution is 2.30. The largest absolute Gasteiger partial charge is 0.324 e. The van der Waals surface area contributed by atoms with Crippen molar-refractivity contribution in [1.82, 2.24) is 0 Å². The lowest BCUT2D eigenvalue weighted by atomic mass is 10.0. The van der Waals surface area contributed by atoms with Gasteiger partial charge >= 0.3 is 0 Å². The quantitative estimate of drug-likeness (QED) is 0.819. The van der Waals surface area contributed by atoms with Gasteiger partial charge in [-0.05, 0) is 50.8 Å². The maximum Gasteiger partial charge on any atom is 0.147 e. The van der Waals surface area contributed by atoms with Crippen LogP contribution < -0.4 is 5.73 Å². The Morgan fingerprint density at radius 2 is 2.18 bits per heavy atom. The lowest BCUT2D eigenvalue weighted by molar-refractivity contribution is 0.580. The van der Waals surface area contributed by atoms with Crippen molar-refractivity contribution in [3.8, 4) is 0 Å². The standard InChI is InChI=1S/C12H10BrClFNS/c13-9-2-1-8(12(15)11(9)14)10(16)5-7-3-4-17-6-7/h1-4,6,10H,5,16H2. The summed E-state index contributed by atoms with van der Waals surface area (Å²) in [6, 6.07) is 5.00. The first-order valence-electron chi connectivity index (χ1n) is 4.99. The molecule has 17 heavy (non-hydrogen) atoms. The zero-order chi connectivity index (χ0) is 12.4. The van der Waals surface area contributed by atoms with Gasteiger partial charge in [0.15, 0.2) is 0 Å². The first kappa shape index (κ1) is 13.0. The van der Waals surface area contributed by atoms with Crippen molar-refractivity contribution in [2.75, 3.05) is 0 Å². The van der Waals surface area contributed by atoms with Gasteiger partial charge in [0.2, 0.25) is 0 Å². The van der Waals surface area contributed by atoms with Crippen LogP contribution in [0.4, 0.5) is 4.39 Å². The van der Waals surface area contributed by atoms with E-state index in [1.807, 2.05) is 16.8 Å². The minimum atomic E-state index is -0.441. The van der Waals surface area contributed by atoms with Crippen LogP contribution in [0.5, 0.6) is 0 Å². The van der Waals surface area contributed by atoms with Crippen LogP contribution in [-0.2, 0) is 6.42 Å². The first-order valence-corrected chi connectivity index (χ1v) is 7.11. The van der Waals surface area contributed by atoms with E-state index in [-0.39, 0.29) is 11.1 Å². The number of hydrogen-bond donors (Lipinski definition) is 1. The van der Waals surface area contributed by atoms with Crippen molar-refractivity contribution < 1.29 is 4.39 Å². The summed E-state index contributed by atoms with van der Waals surface area (Å²) in [5.74, 6) is -0.441. The maximum absolute atomic E-state index is 13.9. The molecule has 2 rings (SSSR count). The fourth-order valence-electron chi connectivity index (χ4n) is 1.60. The molecule has 2 N–H and O–H groups in total. The Labute approximate surface area is 117 Å². The van der Waals surface area contributed by atoms with E-state index in [1.165, 1.54) is 0 Å². The van der Waals surface area contributed by atoms with E-state index in [0.29, 0.717) is 16.5 Å². The topological polar surface area (TPSA) is 26.0 Å². The molecule has 2 aromatic rings. The van der Waals surface area contributed by atoms with Crippen LogP contribution in [0.3, 0.4) is 0 Å². The van der Waals surface area contributed by atoms with E-state index in [4.69, 9.17) is 17.3 Å². The van der Waals surface area contributed by atoms with Crippen LogP contribution in [0.25, 0.3) is 0 Å². The van der Waals surface area contributed by atoms with Gasteiger partial charge in [-0.25, -0.2) is 4.39 Å². The van der Waals surface area contributed by atoms with Crippen molar-refractivity contribution in [3.05, 3.63) is 55.4 Å². The van der Waals surface area contributed by atoms with Crippen molar-refractivity contribution in [3.63, 3.8) is 0 Å². The molecular weight excluding hydrogens is 325 g/mol. The Kier molecular flexibility index (Phi) is 4.20. The van der Waals surface area contributed by atoms with Crippen LogP contribution >= 0.6 is 38.9 Å². The second-order valence-electron chi connectivity index (χ2n) is 3.71. The molecular formula is C12H10BrClFNS. The minimum absolute atomic E-state index is 0.0864. The Balaban J connectivity index is 2.25. The van der Waals surface area contributed by atoms with Gasteiger partial charge in [-0.1, -0.05) is 17.7 Å². The van der Waals surface area contributed by atoms with Gasteiger partial charge in [-0.3, -0.25) is 0 Å². The number of rotatable bonds is 3. The molecule has 0 saturated heterocycles. The molecule has 1 heterocycles. The van der Waals surface area contributed by atoms with Crippen LogP contribution in [0.15, 0.2) is 33.4 Å². The molecule has 0 amide bonds. The summed E-state index contributed by atoms with van der Waals surface area (Å²) in [7, 11) is 0. The van der Waals surface area contributed by atoms with Crippen molar-refractivity contribution >= 4 is 38.9 Å². The van der Waals surface area contributed by atoms with Crippen molar-refractivity contribution in [1.29, 1.82) is 0 Å². The van der Waals surface area contributed by atoms with E-state index in [0.717, 1.165) is 5.56 Å². The molecule has 0 saturated carbocycles. The monoisotopic (exact) mass is 333 g/mol. The third-order valence-electron chi connectivity index (χ3n) is 2.50.